The predicted octanol–water partition coefficient (Wildman–Crippen LogP) is 1.93. The van der Waals surface area contributed by atoms with Crippen LogP contribution in [0.3, 0.4) is 0 Å². The molecule has 5 heteroatoms. The van der Waals surface area contributed by atoms with Crippen molar-refractivity contribution >= 4 is 5.91 Å². The lowest BCUT2D eigenvalue weighted by Gasteiger charge is -2.00. The molecule has 0 radical (unpaired) electrons. The van der Waals surface area contributed by atoms with Gasteiger partial charge in [0.15, 0.2) is 0 Å². The first kappa shape index (κ1) is 14.1. The van der Waals surface area contributed by atoms with E-state index in [4.69, 9.17) is 5.73 Å². The zero-order valence-corrected chi connectivity index (χ0v) is 9.69. The van der Waals surface area contributed by atoms with Crippen LogP contribution >= 0.6 is 0 Å². The van der Waals surface area contributed by atoms with Gasteiger partial charge in [0, 0.05) is 17.2 Å². The highest BCUT2D eigenvalue weighted by molar-refractivity contribution is 5.91. The van der Waals surface area contributed by atoms with E-state index in [1.165, 1.54) is 19.1 Å². The highest BCUT2D eigenvalue weighted by atomic mass is 16.6. The number of hydrogen-bond donors (Lipinski definition) is 1. The highest BCUT2D eigenvalue weighted by Gasteiger charge is 2.12. The predicted molar refractivity (Wildman–Crippen MR) is 62.1 cm³/mol. The van der Waals surface area contributed by atoms with Crippen LogP contribution in [-0.4, -0.2) is 10.8 Å². The molecule has 0 saturated heterocycles. The van der Waals surface area contributed by atoms with Crippen molar-refractivity contribution < 1.29 is 9.72 Å². The van der Waals surface area contributed by atoms with Crippen molar-refractivity contribution in [2.45, 2.75) is 27.2 Å². The molecule has 0 fully saturated rings. The van der Waals surface area contributed by atoms with E-state index in [1.54, 1.807) is 19.9 Å². The standard InChI is InChI=1S/C11H16N2O3/c1-4-6-10(13(15)16)9(5-2)7-8(3)11(12)14/h4,6-7H,5H2,1-3H3,(H2,12,14)/b6-4-,8-7+,10-9-. The molecule has 0 aliphatic rings. The Balaban J connectivity index is 5.52. The molecule has 0 atom stereocenters. The molecule has 5 nitrogen and oxygen atoms in total. The maximum Gasteiger partial charge on any atom is 0.272 e. The van der Waals surface area contributed by atoms with E-state index in [1.807, 2.05) is 0 Å². The summed E-state index contributed by atoms with van der Waals surface area (Å²) < 4.78 is 0. The number of hydrogen-bond acceptors (Lipinski definition) is 3. The Morgan fingerprint density at radius 1 is 1.50 bits per heavy atom. The fraction of sp³-hybridized carbons (Fsp3) is 0.364. The largest absolute Gasteiger partial charge is 0.366 e. The molecule has 0 spiro atoms. The normalized spacial score (nSPS) is 13.8. The van der Waals surface area contributed by atoms with Gasteiger partial charge in [-0.3, -0.25) is 14.9 Å². The van der Waals surface area contributed by atoms with Crippen LogP contribution in [0.5, 0.6) is 0 Å². The van der Waals surface area contributed by atoms with Crippen LogP contribution in [0.15, 0.2) is 35.1 Å². The molecule has 0 aliphatic carbocycles. The summed E-state index contributed by atoms with van der Waals surface area (Å²) in [6.07, 6.45) is 4.91. The Bertz CT molecular complexity index is 379. The Morgan fingerprint density at radius 3 is 2.38 bits per heavy atom. The quantitative estimate of drug-likeness (QED) is 0.335. The third-order valence-corrected chi connectivity index (χ3v) is 2.01. The summed E-state index contributed by atoms with van der Waals surface area (Å²) >= 11 is 0. The lowest BCUT2D eigenvalue weighted by Crippen LogP contribution is -2.12. The van der Waals surface area contributed by atoms with Crippen molar-refractivity contribution in [3.05, 3.63) is 45.2 Å². The Kier molecular flexibility index (Phi) is 5.77. The molecule has 0 aromatic carbocycles. The number of primary amides is 1. The summed E-state index contributed by atoms with van der Waals surface area (Å²) in [4.78, 5) is 21.2. The molecule has 16 heavy (non-hydrogen) atoms. The second-order valence-corrected chi connectivity index (χ2v) is 3.21. The summed E-state index contributed by atoms with van der Waals surface area (Å²) in [6.45, 7) is 5.01. The number of carbonyl (C=O) groups excluding carboxylic acids is 1. The van der Waals surface area contributed by atoms with E-state index in [9.17, 15) is 14.9 Å². The van der Waals surface area contributed by atoms with Gasteiger partial charge in [0.2, 0.25) is 5.91 Å². The van der Waals surface area contributed by atoms with Gasteiger partial charge in [0.05, 0.1) is 4.92 Å². The second-order valence-electron chi connectivity index (χ2n) is 3.21. The zero-order chi connectivity index (χ0) is 12.7. The molecule has 0 rings (SSSR count). The fourth-order valence-corrected chi connectivity index (χ4v) is 1.13. The van der Waals surface area contributed by atoms with E-state index in [2.05, 4.69) is 0 Å². The van der Waals surface area contributed by atoms with E-state index in [0.717, 1.165) is 0 Å². The number of allylic oxidation sites excluding steroid dienone is 4. The minimum atomic E-state index is -0.575. The molecular formula is C11H16N2O3. The average Bonchev–Trinajstić information content (AvgIpc) is 2.22. The van der Waals surface area contributed by atoms with Crippen LogP contribution in [0.2, 0.25) is 0 Å². The van der Waals surface area contributed by atoms with E-state index in [0.29, 0.717) is 17.6 Å². The number of nitrogens with zero attached hydrogens (tertiary/aromatic N) is 1. The van der Waals surface area contributed by atoms with Crippen molar-refractivity contribution in [1.29, 1.82) is 0 Å². The van der Waals surface area contributed by atoms with Crippen molar-refractivity contribution in [1.82, 2.24) is 0 Å². The van der Waals surface area contributed by atoms with Crippen LogP contribution in [0.4, 0.5) is 0 Å². The Hall–Kier alpha value is -1.91. The molecule has 0 aromatic heterocycles. The number of carbonyl (C=O) groups is 1. The van der Waals surface area contributed by atoms with E-state index < -0.39 is 10.8 Å². The molecule has 0 saturated carbocycles. The Morgan fingerprint density at radius 2 is 2.06 bits per heavy atom. The second kappa shape index (κ2) is 6.55. The van der Waals surface area contributed by atoms with Gasteiger partial charge in [0.1, 0.15) is 0 Å². The van der Waals surface area contributed by atoms with Gasteiger partial charge < -0.3 is 5.73 Å². The highest BCUT2D eigenvalue weighted by Crippen LogP contribution is 2.14. The number of amides is 1. The van der Waals surface area contributed by atoms with Crippen LogP contribution < -0.4 is 5.73 Å². The van der Waals surface area contributed by atoms with Crippen molar-refractivity contribution in [2.75, 3.05) is 0 Å². The van der Waals surface area contributed by atoms with Crippen LogP contribution in [-0.2, 0) is 4.79 Å². The third kappa shape index (κ3) is 4.08. The molecule has 1 amide bonds. The lowest BCUT2D eigenvalue weighted by molar-refractivity contribution is -0.420. The van der Waals surface area contributed by atoms with Crippen LogP contribution in [0, 0.1) is 10.1 Å². The number of nitro groups is 1. The van der Waals surface area contributed by atoms with Crippen molar-refractivity contribution in [3.8, 4) is 0 Å². The summed E-state index contributed by atoms with van der Waals surface area (Å²) in [5.74, 6) is -0.575. The topological polar surface area (TPSA) is 86.2 Å². The first-order valence-corrected chi connectivity index (χ1v) is 4.92. The minimum absolute atomic E-state index is 0.00870. The molecule has 0 unspecified atom stereocenters. The third-order valence-electron chi connectivity index (χ3n) is 2.01. The van der Waals surface area contributed by atoms with Gasteiger partial charge in [0.25, 0.3) is 5.70 Å². The maximum atomic E-state index is 10.8. The summed E-state index contributed by atoms with van der Waals surface area (Å²) in [5, 5.41) is 10.8. The van der Waals surface area contributed by atoms with Gasteiger partial charge in [-0.25, -0.2) is 0 Å². The minimum Gasteiger partial charge on any atom is -0.366 e. The molecule has 88 valence electrons. The average molecular weight is 224 g/mol. The molecule has 2 N–H and O–H groups in total. The SMILES string of the molecule is C\C=C/C(=C(/C=C(\C)C(N)=O)CC)[N+](=O)[O-]. The fourth-order valence-electron chi connectivity index (χ4n) is 1.13. The van der Waals surface area contributed by atoms with E-state index in [-0.39, 0.29) is 5.70 Å². The molecule has 0 heterocycles. The van der Waals surface area contributed by atoms with E-state index >= 15 is 0 Å². The first-order valence-electron chi connectivity index (χ1n) is 4.92. The number of rotatable bonds is 5. The van der Waals surface area contributed by atoms with Crippen molar-refractivity contribution in [2.24, 2.45) is 5.73 Å². The molecular weight excluding hydrogens is 208 g/mol. The molecule has 0 aromatic rings. The smallest absolute Gasteiger partial charge is 0.272 e. The first-order chi connectivity index (χ1) is 7.43. The lowest BCUT2D eigenvalue weighted by atomic mass is 10.1. The van der Waals surface area contributed by atoms with Gasteiger partial charge in [-0.05, 0) is 26.3 Å². The summed E-state index contributed by atoms with van der Waals surface area (Å²) in [6, 6.07) is 0. The van der Waals surface area contributed by atoms with Gasteiger partial charge in [-0.2, -0.15) is 0 Å². The van der Waals surface area contributed by atoms with Crippen LogP contribution in [0.25, 0.3) is 0 Å². The van der Waals surface area contributed by atoms with Gasteiger partial charge >= 0.3 is 0 Å². The summed E-state index contributed by atoms with van der Waals surface area (Å²) in [5.41, 5.74) is 5.85. The molecule has 0 bridgehead atoms. The maximum absolute atomic E-state index is 10.8. The van der Waals surface area contributed by atoms with Gasteiger partial charge in [-0.1, -0.05) is 13.0 Å². The molecule has 0 aliphatic heterocycles. The monoisotopic (exact) mass is 224 g/mol. The Labute approximate surface area is 94.5 Å². The summed E-state index contributed by atoms with van der Waals surface area (Å²) in [7, 11) is 0. The van der Waals surface area contributed by atoms with Crippen molar-refractivity contribution in [3.63, 3.8) is 0 Å². The van der Waals surface area contributed by atoms with Gasteiger partial charge in [-0.15, -0.1) is 0 Å². The zero-order valence-electron chi connectivity index (χ0n) is 9.69. The number of nitrogens with two attached hydrogens (primary N) is 1. The van der Waals surface area contributed by atoms with Crippen LogP contribution in [0.1, 0.15) is 27.2 Å².